The van der Waals surface area contributed by atoms with Gasteiger partial charge < -0.3 is 4.74 Å². The van der Waals surface area contributed by atoms with E-state index in [-0.39, 0.29) is 17.0 Å². The number of carbonyl (C=O) groups excluding carboxylic acids is 1. The molecule has 6 heteroatoms. The third-order valence-corrected chi connectivity index (χ3v) is 7.55. The summed E-state index contributed by atoms with van der Waals surface area (Å²) in [6.07, 6.45) is 0. The number of carbonyl (C=O) groups is 1. The first-order valence-corrected chi connectivity index (χ1v) is 13.8. The van der Waals surface area contributed by atoms with Crippen LogP contribution in [-0.2, 0) is 5.41 Å². The topological polar surface area (TPSA) is 57.0 Å². The maximum absolute atomic E-state index is 13.1. The molecule has 1 aromatic heterocycles. The Bertz CT molecular complexity index is 1550. The smallest absolute Gasteiger partial charge is 0.196 e. The number of hydrogen-bond donors (Lipinski definition) is 0. The van der Waals surface area contributed by atoms with Crippen LogP contribution in [0.4, 0.5) is 0 Å². The van der Waals surface area contributed by atoms with Gasteiger partial charge in [-0.05, 0) is 46.4 Å². The van der Waals surface area contributed by atoms with Crippen LogP contribution in [0.15, 0.2) is 108 Å². The molecule has 0 N–H and O–H groups in total. The van der Waals surface area contributed by atoms with E-state index in [1.165, 1.54) is 17.3 Å². The third kappa shape index (κ3) is 5.96. The maximum Gasteiger partial charge on any atom is 0.196 e. The highest BCUT2D eigenvalue weighted by molar-refractivity contribution is 7.99. The summed E-state index contributed by atoms with van der Waals surface area (Å²) >= 11 is 1.39. The first-order chi connectivity index (χ1) is 18.8. The third-order valence-electron chi connectivity index (χ3n) is 6.62. The summed E-state index contributed by atoms with van der Waals surface area (Å²) in [5.41, 5.74) is 6.06. The van der Waals surface area contributed by atoms with Crippen LogP contribution in [0.5, 0.6) is 5.75 Å². The van der Waals surface area contributed by atoms with E-state index in [0.29, 0.717) is 10.7 Å². The number of thioether (sulfide) groups is 1. The zero-order valence-corrected chi connectivity index (χ0v) is 23.4. The molecule has 1 heterocycles. The first-order valence-electron chi connectivity index (χ1n) is 12.9. The molecule has 0 fully saturated rings. The number of aromatic nitrogens is 3. The second-order valence-electron chi connectivity index (χ2n) is 10.3. The largest absolute Gasteiger partial charge is 0.497 e. The Morgan fingerprint density at radius 2 is 1.38 bits per heavy atom. The van der Waals surface area contributed by atoms with E-state index >= 15 is 0 Å². The molecule has 0 unspecified atom stereocenters. The number of methoxy groups -OCH3 is 1. The molecule has 0 amide bonds. The van der Waals surface area contributed by atoms with Gasteiger partial charge >= 0.3 is 0 Å². The van der Waals surface area contributed by atoms with Crippen molar-refractivity contribution in [2.24, 2.45) is 0 Å². The van der Waals surface area contributed by atoms with Crippen molar-refractivity contribution in [1.29, 1.82) is 0 Å². The number of ketones is 1. The van der Waals surface area contributed by atoms with Gasteiger partial charge in [-0.2, -0.15) is 0 Å². The van der Waals surface area contributed by atoms with Gasteiger partial charge in [-0.15, -0.1) is 10.2 Å². The van der Waals surface area contributed by atoms with E-state index in [1.54, 1.807) is 7.11 Å². The van der Waals surface area contributed by atoms with E-state index in [2.05, 4.69) is 67.4 Å². The molecule has 39 heavy (non-hydrogen) atoms. The molecule has 0 atom stereocenters. The number of nitrogens with zero attached hydrogens (tertiary/aromatic N) is 3. The molecule has 0 spiro atoms. The van der Waals surface area contributed by atoms with Gasteiger partial charge in [0.2, 0.25) is 0 Å². The summed E-state index contributed by atoms with van der Waals surface area (Å²) in [5, 5.41) is 9.69. The van der Waals surface area contributed by atoms with Crippen molar-refractivity contribution in [2.45, 2.75) is 31.3 Å². The highest BCUT2D eigenvalue weighted by atomic mass is 32.2. The monoisotopic (exact) mass is 533 g/mol. The lowest BCUT2D eigenvalue weighted by Crippen LogP contribution is -2.10. The predicted molar refractivity (Wildman–Crippen MR) is 159 cm³/mol. The highest BCUT2D eigenvalue weighted by Gasteiger charge is 2.19. The lowest BCUT2D eigenvalue weighted by atomic mass is 9.87. The standard InChI is InChI=1S/C33H31N3O2S/c1-33(2,3)27-16-14-26(15-17-27)31-34-35-32(36(31)28-18-20-29(38-4)21-19-28)39-22-30(37)25-12-10-24(11-13-25)23-8-6-5-7-9-23/h5-21H,22H2,1-4H3. The van der Waals surface area contributed by atoms with Crippen LogP contribution in [0, 0.1) is 0 Å². The molecule has 0 saturated heterocycles. The van der Waals surface area contributed by atoms with Crippen LogP contribution in [0.1, 0.15) is 36.7 Å². The Kier molecular flexibility index (Phi) is 7.66. The predicted octanol–water partition coefficient (Wildman–Crippen LogP) is 7.88. The van der Waals surface area contributed by atoms with Gasteiger partial charge in [-0.3, -0.25) is 9.36 Å². The number of rotatable bonds is 8. The van der Waals surface area contributed by atoms with Gasteiger partial charge in [0, 0.05) is 16.8 Å². The van der Waals surface area contributed by atoms with Crippen molar-refractivity contribution in [3.63, 3.8) is 0 Å². The van der Waals surface area contributed by atoms with E-state index in [1.807, 2.05) is 71.3 Å². The van der Waals surface area contributed by atoms with Gasteiger partial charge in [0.1, 0.15) is 5.75 Å². The summed E-state index contributed by atoms with van der Waals surface area (Å²) in [6.45, 7) is 6.59. The summed E-state index contributed by atoms with van der Waals surface area (Å²) in [5.74, 6) is 1.79. The fourth-order valence-corrected chi connectivity index (χ4v) is 5.17. The van der Waals surface area contributed by atoms with Gasteiger partial charge in [0.15, 0.2) is 16.8 Å². The molecular formula is C33H31N3O2S. The van der Waals surface area contributed by atoms with Gasteiger partial charge in [-0.1, -0.05) is 111 Å². The van der Waals surface area contributed by atoms with Crippen molar-refractivity contribution >= 4 is 17.5 Å². The van der Waals surface area contributed by atoms with Gasteiger partial charge in [-0.25, -0.2) is 0 Å². The minimum absolute atomic E-state index is 0.0416. The number of Topliss-reactive ketones (excluding diaryl/α,β-unsaturated/α-hetero) is 1. The van der Waals surface area contributed by atoms with E-state index < -0.39 is 0 Å². The van der Waals surface area contributed by atoms with Crippen LogP contribution < -0.4 is 4.74 Å². The Hall–Kier alpha value is -4.16. The van der Waals surface area contributed by atoms with Gasteiger partial charge in [0.05, 0.1) is 12.9 Å². The second-order valence-corrected chi connectivity index (χ2v) is 11.3. The molecular weight excluding hydrogens is 502 g/mol. The Balaban J connectivity index is 1.41. The zero-order chi connectivity index (χ0) is 27.4. The average molecular weight is 534 g/mol. The Labute approximate surface area is 233 Å². The molecule has 4 aromatic carbocycles. The van der Waals surface area contributed by atoms with E-state index in [0.717, 1.165) is 34.0 Å². The van der Waals surface area contributed by atoms with Crippen molar-refractivity contribution in [3.8, 4) is 34.0 Å². The molecule has 5 aromatic rings. The molecule has 5 rings (SSSR count). The molecule has 196 valence electrons. The van der Waals surface area contributed by atoms with Crippen molar-refractivity contribution in [2.75, 3.05) is 12.9 Å². The Morgan fingerprint density at radius 3 is 2.00 bits per heavy atom. The average Bonchev–Trinajstić information content (AvgIpc) is 3.40. The summed E-state index contributed by atoms with van der Waals surface area (Å²) in [7, 11) is 1.65. The van der Waals surface area contributed by atoms with Crippen LogP contribution in [-0.4, -0.2) is 33.4 Å². The molecule has 0 aliphatic heterocycles. The van der Waals surface area contributed by atoms with Crippen molar-refractivity contribution in [1.82, 2.24) is 14.8 Å². The van der Waals surface area contributed by atoms with Crippen molar-refractivity contribution in [3.05, 3.63) is 114 Å². The SMILES string of the molecule is COc1ccc(-n2c(SCC(=O)c3ccc(-c4ccccc4)cc3)nnc2-c2ccc(C(C)(C)C)cc2)cc1. The summed E-state index contributed by atoms with van der Waals surface area (Å²) < 4.78 is 7.35. The van der Waals surface area contributed by atoms with Crippen molar-refractivity contribution < 1.29 is 9.53 Å². The van der Waals surface area contributed by atoms with E-state index in [9.17, 15) is 4.79 Å². The van der Waals surface area contributed by atoms with Crippen LogP contribution in [0.3, 0.4) is 0 Å². The maximum atomic E-state index is 13.1. The Morgan fingerprint density at radius 1 is 0.769 bits per heavy atom. The summed E-state index contributed by atoms with van der Waals surface area (Å²) in [4.78, 5) is 13.1. The lowest BCUT2D eigenvalue weighted by Gasteiger charge is -2.19. The summed E-state index contributed by atoms with van der Waals surface area (Å²) in [6, 6.07) is 34.1. The van der Waals surface area contributed by atoms with Crippen LogP contribution in [0.25, 0.3) is 28.2 Å². The molecule has 0 radical (unpaired) electrons. The molecule has 0 aliphatic carbocycles. The lowest BCUT2D eigenvalue weighted by molar-refractivity contribution is 0.102. The number of hydrogen-bond acceptors (Lipinski definition) is 5. The van der Waals surface area contributed by atoms with Gasteiger partial charge in [0.25, 0.3) is 0 Å². The van der Waals surface area contributed by atoms with Crippen LogP contribution >= 0.6 is 11.8 Å². The molecule has 0 aliphatic rings. The quantitative estimate of drug-likeness (QED) is 0.150. The van der Waals surface area contributed by atoms with E-state index in [4.69, 9.17) is 4.74 Å². The fraction of sp³-hybridized carbons (Fsp3) is 0.182. The first kappa shape index (κ1) is 26.4. The molecule has 5 nitrogen and oxygen atoms in total. The fourth-order valence-electron chi connectivity index (χ4n) is 4.33. The zero-order valence-electron chi connectivity index (χ0n) is 22.6. The minimum Gasteiger partial charge on any atom is -0.497 e. The van der Waals surface area contributed by atoms with Crippen LogP contribution in [0.2, 0.25) is 0 Å². The minimum atomic E-state index is 0.0416. The molecule has 0 bridgehead atoms. The normalized spacial score (nSPS) is 11.4. The second kappa shape index (κ2) is 11.3. The highest BCUT2D eigenvalue weighted by Crippen LogP contribution is 2.31. The molecule has 0 saturated carbocycles. The number of benzene rings is 4. The number of ether oxygens (including phenoxy) is 1.